The fourth-order valence-corrected chi connectivity index (χ4v) is 3.57. The Bertz CT molecular complexity index is 1200. The topological polar surface area (TPSA) is 99.8 Å². The first-order valence-electron chi connectivity index (χ1n) is 7.17. The highest BCUT2D eigenvalue weighted by molar-refractivity contribution is 7.92. The average molecular weight is 384 g/mol. The van der Waals surface area contributed by atoms with Gasteiger partial charge in [-0.3, -0.25) is 9.29 Å². The number of aromatic nitrogens is 1. The van der Waals surface area contributed by atoms with Crippen LogP contribution in [-0.2, 0) is 17.1 Å². The zero-order valence-corrected chi connectivity index (χ0v) is 13.8. The molecule has 1 aliphatic heterocycles. The summed E-state index contributed by atoms with van der Waals surface area (Å²) >= 11 is 0. The molecule has 3 aromatic rings. The number of alkyl halides is 2. The first-order chi connectivity index (χ1) is 12.1. The van der Waals surface area contributed by atoms with Crippen molar-refractivity contribution in [1.29, 1.82) is 0 Å². The molecule has 4 rings (SSSR count). The number of aryl methyl sites for hydroxylation is 1. The lowest BCUT2D eigenvalue weighted by molar-refractivity contribution is -0.286. The van der Waals surface area contributed by atoms with E-state index >= 15 is 0 Å². The smallest absolute Gasteiger partial charge is 0.408 e. The van der Waals surface area contributed by atoms with E-state index in [1.807, 2.05) is 0 Å². The number of hydrogen-bond donors (Lipinski definition) is 1. The summed E-state index contributed by atoms with van der Waals surface area (Å²) < 4.78 is 68.1. The molecule has 0 saturated carbocycles. The van der Waals surface area contributed by atoms with Gasteiger partial charge in [0.2, 0.25) is 0 Å². The Hall–Kier alpha value is -3.08. The Morgan fingerprint density at radius 3 is 2.58 bits per heavy atom. The van der Waals surface area contributed by atoms with Gasteiger partial charge in [0.15, 0.2) is 17.1 Å². The van der Waals surface area contributed by atoms with Gasteiger partial charge in [-0.05, 0) is 24.3 Å². The summed E-state index contributed by atoms with van der Waals surface area (Å²) in [5, 5.41) is 0. The molecule has 1 aliphatic rings. The fraction of sp³-hybridized carbons (Fsp3) is 0.133. The van der Waals surface area contributed by atoms with Gasteiger partial charge in [0.1, 0.15) is 0 Å². The van der Waals surface area contributed by atoms with E-state index in [2.05, 4.69) is 14.2 Å². The van der Waals surface area contributed by atoms with Crippen molar-refractivity contribution in [2.24, 2.45) is 7.05 Å². The van der Waals surface area contributed by atoms with Gasteiger partial charge in [-0.15, -0.1) is 8.78 Å². The molecule has 0 atom stereocenters. The molecule has 26 heavy (non-hydrogen) atoms. The average Bonchev–Trinajstić information content (AvgIpc) is 3.01. The van der Waals surface area contributed by atoms with Gasteiger partial charge in [0.05, 0.1) is 16.1 Å². The molecule has 11 heteroatoms. The summed E-state index contributed by atoms with van der Waals surface area (Å²) in [5.74, 6) is -1.12. The number of ether oxygens (including phenoxy) is 2. The first-order valence-corrected chi connectivity index (χ1v) is 8.65. The van der Waals surface area contributed by atoms with Crippen molar-refractivity contribution in [3.05, 3.63) is 46.9 Å². The van der Waals surface area contributed by atoms with Gasteiger partial charge in [-0.25, -0.2) is 13.2 Å². The molecule has 136 valence electrons. The number of anilines is 1. The molecule has 0 aliphatic carbocycles. The van der Waals surface area contributed by atoms with Gasteiger partial charge in [0.25, 0.3) is 10.0 Å². The molecule has 1 N–H and O–H groups in total. The zero-order chi connectivity index (χ0) is 18.7. The van der Waals surface area contributed by atoms with Crippen LogP contribution in [0, 0.1) is 0 Å². The third-order valence-corrected chi connectivity index (χ3v) is 5.11. The minimum absolute atomic E-state index is 0.000314. The number of nitrogens with one attached hydrogen (secondary N) is 1. The zero-order valence-electron chi connectivity index (χ0n) is 13.0. The van der Waals surface area contributed by atoms with Crippen molar-refractivity contribution in [2.75, 3.05) is 4.72 Å². The highest BCUT2D eigenvalue weighted by Gasteiger charge is 2.43. The highest BCUT2D eigenvalue weighted by atomic mass is 32.2. The Balaban J connectivity index is 1.67. The molecular formula is C15H10F2N2O6S. The lowest BCUT2D eigenvalue weighted by atomic mass is 10.3. The van der Waals surface area contributed by atoms with Crippen LogP contribution in [0.5, 0.6) is 11.5 Å². The second-order valence-corrected chi connectivity index (χ2v) is 7.17. The van der Waals surface area contributed by atoms with Crippen LogP contribution >= 0.6 is 0 Å². The number of nitrogens with zero attached hydrogens (tertiary/aromatic N) is 1. The highest BCUT2D eigenvalue weighted by Crippen LogP contribution is 2.42. The van der Waals surface area contributed by atoms with Crippen molar-refractivity contribution in [2.45, 2.75) is 11.2 Å². The Morgan fingerprint density at radius 1 is 1.08 bits per heavy atom. The molecule has 0 bridgehead atoms. The Labute approximate surface area is 144 Å². The lowest BCUT2D eigenvalue weighted by Gasteiger charge is -2.08. The quantitative estimate of drug-likeness (QED) is 0.744. The molecule has 0 fully saturated rings. The standard InChI is InChI=1S/C15H10F2N2O6S/c1-19-10-4-3-9(7-12(10)23-14(19)20)26(21,22)18-8-2-5-11-13(6-8)25-15(16,17)24-11/h2-7,18H,1H3. The minimum Gasteiger partial charge on any atom is -0.408 e. The van der Waals surface area contributed by atoms with Gasteiger partial charge in [-0.1, -0.05) is 0 Å². The van der Waals surface area contributed by atoms with E-state index in [1.165, 1.54) is 35.9 Å². The van der Waals surface area contributed by atoms with Crippen LogP contribution in [0.3, 0.4) is 0 Å². The van der Waals surface area contributed by atoms with E-state index in [-0.39, 0.29) is 27.7 Å². The van der Waals surface area contributed by atoms with Gasteiger partial charge in [0, 0.05) is 19.2 Å². The molecule has 0 amide bonds. The van der Waals surface area contributed by atoms with Gasteiger partial charge < -0.3 is 13.9 Å². The fourth-order valence-electron chi connectivity index (χ4n) is 2.51. The van der Waals surface area contributed by atoms with Gasteiger partial charge >= 0.3 is 12.1 Å². The maximum Gasteiger partial charge on any atom is 0.586 e. The Kier molecular flexibility index (Phi) is 3.28. The van der Waals surface area contributed by atoms with Crippen molar-refractivity contribution in [1.82, 2.24) is 4.57 Å². The number of benzene rings is 2. The molecule has 2 heterocycles. The molecule has 0 unspecified atom stereocenters. The van der Waals surface area contributed by atoms with E-state index in [1.54, 1.807) is 0 Å². The number of hydrogen-bond acceptors (Lipinski definition) is 6. The predicted octanol–water partition coefficient (Wildman–Crippen LogP) is 2.25. The van der Waals surface area contributed by atoms with Crippen LogP contribution in [0.25, 0.3) is 11.1 Å². The molecular weight excluding hydrogens is 374 g/mol. The SMILES string of the molecule is Cn1c(=O)oc2cc(S(=O)(=O)Nc3ccc4c(c3)OC(F)(F)O4)ccc21. The summed E-state index contributed by atoms with van der Waals surface area (Å²) in [7, 11) is -2.57. The molecule has 2 aromatic carbocycles. The van der Waals surface area contributed by atoms with E-state index < -0.39 is 22.1 Å². The number of oxazole rings is 1. The normalized spacial score (nSPS) is 15.3. The van der Waals surface area contributed by atoms with Crippen molar-refractivity contribution in [3.8, 4) is 11.5 Å². The summed E-state index contributed by atoms with van der Waals surface area (Å²) in [4.78, 5) is 11.3. The maximum absolute atomic E-state index is 13.0. The third-order valence-electron chi connectivity index (χ3n) is 3.73. The molecule has 1 aromatic heterocycles. The van der Waals surface area contributed by atoms with E-state index in [0.29, 0.717) is 5.52 Å². The van der Waals surface area contributed by atoms with E-state index in [0.717, 1.165) is 12.1 Å². The van der Waals surface area contributed by atoms with Crippen LogP contribution in [0.2, 0.25) is 0 Å². The third kappa shape index (κ3) is 2.65. The van der Waals surface area contributed by atoms with Crippen LogP contribution < -0.4 is 20.0 Å². The molecule has 8 nitrogen and oxygen atoms in total. The summed E-state index contributed by atoms with van der Waals surface area (Å²) in [5.41, 5.74) is 0.532. The van der Waals surface area contributed by atoms with Crippen molar-refractivity contribution < 1.29 is 31.1 Å². The molecule has 0 spiro atoms. The number of fused-ring (bicyclic) bond motifs is 2. The maximum atomic E-state index is 13.0. The second-order valence-electron chi connectivity index (χ2n) is 5.49. The van der Waals surface area contributed by atoms with Gasteiger partial charge in [-0.2, -0.15) is 0 Å². The van der Waals surface area contributed by atoms with Crippen LogP contribution in [0.15, 0.2) is 50.5 Å². The van der Waals surface area contributed by atoms with Crippen molar-refractivity contribution in [3.63, 3.8) is 0 Å². The van der Waals surface area contributed by atoms with Crippen LogP contribution in [-0.4, -0.2) is 19.3 Å². The summed E-state index contributed by atoms with van der Waals surface area (Å²) in [6.07, 6.45) is -3.80. The number of sulfonamides is 1. The summed E-state index contributed by atoms with van der Waals surface area (Å²) in [6.45, 7) is 0. The predicted molar refractivity (Wildman–Crippen MR) is 84.9 cm³/mol. The monoisotopic (exact) mass is 384 g/mol. The van der Waals surface area contributed by atoms with Crippen LogP contribution in [0.1, 0.15) is 0 Å². The second kappa shape index (κ2) is 5.21. The van der Waals surface area contributed by atoms with E-state index in [4.69, 9.17) is 4.42 Å². The Morgan fingerprint density at radius 2 is 1.81 bits per heavy atom. The molecule has 0 radical (unpaired) electrons. The molecule has 0 saturated heterocycles. The minimum atomic E-state index is -4.06. The number of halogens is 2. The van der Waals surface area contributed by atoms with E-state index in [9.17, 15) is 22.0 Å². The summed E-state index contributed by atoms with van der Waals surface area (Å²) in [6, 6.07) is 7.40. The van der Waals surface area contributed by atoms with Crippen molar-refractivity contribution >= 4 is 26.8 Å². The number of rotatable bonds is 3. The first kappa shape index (κ1) is 16.4. The van der Waals surface area contributed by atoms with Crippen LogP contribution in [0.4, 0.5) is 14.5 Å². The largest absolute Gasteiger partial charge is 0.586 e. The lowest BCUT2D eigenvalue weighted by Crippen LogP contribution is -2.25.